The molecular weight excluding hydrogens is 286 g/mol. The maximum Gasteiger partial charge on any atom is 0.315 e. The number of hydrogen-bond donors (Lipinski definition) is 2. The number of urea groups is 1. The molecule has 2 fully saturated rings. The molecule has 2 heterocycles. The van der Waals surface area contributed by atoms with Gasteiger partial charge in [0.1, 0.15) is 6.04 Å². The molecule has 6 heteroatoms. The van der Waals surface area contributed by atoms with E-state index >= 15 is 0 Å². The first-order valence-electron chi connectivity index (χ1n) is 7.24. The Morgan fingerprint density at radius 2 is 2.05 bits per heavy atom. The van der Waals surface area contributed by atoms with E-state index in [9.17, 15) is 9.59 Å². The number of benzene rings is 1. The van der Waals surface area contributed by atoms with E-state index in [0.29, 0.717) is 11.8 Å². The van der Waals surface area contributed by atoms with Crippen molar-refractivity contribution in [1.82, 2.24) is 15.5 Å². The molecule has 3 amide bonds. The fraction of sp³-hybridized carbons (Fsp3) is 0.467. The number of thioether (sulfide) groups is 1. The zero-order valence-electron chi connectivity index (χ0n) is 11.7. The molecule has 0 bridgehead atoms. The molecule has 2 N–H and O–H groups in total. The third-order valence-corrected chi connectivity index (χ3v) is 5.22. The Morgan fingerprint density at radius 3 is 2.76 bits per heavy atom. The van der Waals surface area contributed by atoms with Crippen LogP contribution in [0.2, 0.25) is 0 Å². The predicted octanol–water partition coefficient (Wildman–Crippen LogP) is 1.37. The minimum Gasteiger partial charge on any atom is -0.340 e. The Kier molecular flexibility index (Phi) is 4.34. The third-order valence-electron chi connectivity index (χ3n) is 3.89. The lowest BCUT2D eigenvalue weighted by atomic mass is 10.1. The molecule has 2 aliphatic heterocycles. The van der Waals surface area contributed by atoms with Gasteiger partial charge in [-0.2, -0.15) is 11.8 Å². The van der Waals surface area contributed by atoms with Crippen LogP contribution in [0.4, 0.5) is 4.79 Å². The molecule has 0 spiro atoms. The lowest BCUT2D eigenvalue weighted by Gasteiger charge is -2.23. The number of rotatable bonds is 2. The van der Waals surface area contributed by atoms with Crippen LogP contribution in [-0.4, -0.2) is 48.3 Å². The van der Waals surface area contributed by atoms with Crippen molar-refractivity contribution in [2.24, 2.45) is 0 Å². The largest absolute Gasteiger partial charge is 0.340 e. The highest BCUT2D eigenvalue weighted by Gasteiger charge is 2.31. The van der Waals surface area contributed by atoms with Gasteiger partial charge >= 0.3 is 6.03 Å². The summed E-state index contributed by atoms with van der Waals surface area (Å²) < 4.78 is 0. The monoisotopic (exact) mass is 305 g/mol. The summed E-state index contributed by atoms with van der Waals surface area (Å²) in [6.07, 6.45) is 0.953. The molecular formula is C15H19N3O2S. The summed E-state index contributed by atoms with van der Waals surface area (Å²) in [5.74, 6) is 0.960. The Hall–Kier alpha value is -1.69. The van der Waals surface area contributed by atoms with Crippen molar-refractivity contribution in [2.45, 2.75) is 17.7 Å². The van der Waals surface area contributed by atoms with E-state index in [0.717, 1.165) is 25.3 Å². The highest BCUT2D eigenvalue weighted by atomic mass is 32.2. The molecule has 2 unspecified atom stereocenters. The third kappa shape index (κ3) is 3.32. The van der Waals surface area contributed by atoms with Gasteiger partial charge < -0.3 is 15.5 Å². The smallest absolute Gasteiger partial charge is 0.315 e. The van der Waals surface area contributed by atoms with Gasteiger partial charge in [0.05, 0.1) is 0 Å². The lowest BCUT2D eigenvalue weighted by Crippen LogP contribution is -2.46. The summed E-state index contributed by atoms with van der Waals surface area (Å²) in [5, 5.41) is 5.75. The van der Waals surface area contributed by atoms with Gasteiger partial charge in [0.2, 0.25) is 5.91 Å². The summed E-state index contributed by atoms with van der Waals surface area (Å²) >= 11 is 1.90. The molecule has 1 aromatic carbocycles. The van der Waals surface area contributed by atoms with Crippen LogP contribution in [0, 0.1) is 0 Å². The van der Waals surface area contributed by atoms with Gasteiger partial charge in [-0.15, -0.1) is 0 Å². The minimum atomic E-state index is -0.407. The summed E-state index contributed by atoms with van der Waals surface area (Å²) in [6.45, 7) is 1.89. The van der Waals surface area contributed by atoms with Gasteiger partial charge in [0.25, 0.3) is 0 Å². The van der Waals surface area contributed by atoms with Crippen molar-refractivity contribution >= 4 is 23.7 Å². The highest BCUT2D eigenvalue weighted by Crippen LogP contribution is 2.34. The van der Waals surface area contributed by atoms with E-state index < -0.39 is 6.04 Å². The van der Waals surface area contributed by atoms with Crippen molar-refractivity contribution in [3.63, 3.8) is 0 Å². The van der Waals surface area contributed by atoms with Crippen LogP contribution in [-0.2, 0) is 4.79 Å². The fourth-order valence-corrected chi connectivity index (χ4v) is 3.98. The van der Waals surface area contributed by atoms with E-state index in [-0.39, 0.29) is 11.9 Å². The topological polar surface area (TPSA) is 61.4 Å². The zero-order chi connectivity index (χ0) is 14.7. The molecule has 0 radical (unpaired) electrons. The molecule has 0 aromatic heterocycles. The Morgan fingerprint density at radius 1 is 1.24 bits per heavy atom. The van der Waals surface area contributed by atoms with Crippen molar-refractivity contribution in [1.29, 1.82) is 0 Å². The molecule has 2 atom stereocenters. The van der Waals surface area contributed by atoms with Crippen LogP contribution in [0.25, 0.3) is 0 Å². The lowest BCUT2D eigenvalue weighted by molar-refractivity contribution is -0.132. The van der Waals surface area contributed by atoms with Gasteiger partial charge in [-0.1, -0.05) is 30.3 Å². The molecule has 1 aromatic rings. The SMILES string of the molecule is O=C1NCC(C(=O)N2CCSC(c3ccccc3)CC2)N1. The molecule has 0 saturated carbocycles. The summed E-state index contributed by atoms with van der Waals surface area (Å²) in [5.41, 5.74) is 1.33. The van der Waals surface area contributed by atoms with Crippen LogP contribution < -0.4 is 10.6 Å². The van der Waals surface area contributed by atoms with Gasteiger partial charge in [0.15, 0.2) is 0 Å². The first kappa shape index (κ1) is 14.3. The van der Waals surface area contributed by atoms with E-state index in [1.165, 1.54) is 5.56 Å². The zero-order valence-corrected chi connectivity index (χ0v) is 12.6. The normalized spacial score (nSPS) is 25.9. The number of carbonyl (C=O) groups excluding carboxylic acids is 2. The predicted molar refractivity (Wildman–Crippen MR) is 83.2 cm³/mol. The van der Waals surface area contributed by atoms with Gasteiger partial charge in [-0.05, 0) is 12.0 Å². The van der Waals surface area contributed by atoms with Crippen molar-refractivity contribution in [3.05, 3.63) is 35.9 Å². The first-order valence-corrected chi connectivity index (χ1v) is 8.28. The van der Waals surface area contributed by atoms with Crippen molar-refractivity contribution in [2.75, 3.05) is 25.4 Å². The second-order valence-electron chi connectivity index (χ2n) is 5.29. The Bertz CT molecular complexity index is 523. The maximum absolute atomic E-state index is 12.4. The van der Waals surface area contributed by atoms with Crippen LogP contribution in [0.1, 0.15) is 17.2 Å². The van der Waals surface area contributed by atoms with E-state index in [1.807, 2.05) is 22.7 Å². The van der Waals surface area contributed by atoms with Crippen molar-refractivity contribution in [3.8, 4) is 0 Å². The van der Waals surface area contributed by atoms with Crippen LogP contribution in [0.3, 0.4) is 0 Å². The first-order chi connectivity index (χ1) is 10.2. The van der Waals surface area contributed by atoms with Crippen LogP contribution in [0.15, 0.2) is 30.3 Å². The maximum atomic E-state index is 12.4. The average Bonchev–Trinajstić information content (AvgIpc) is 2.81. The quantitative estimate of drug-likeness (QED) is 0.867. The average molecular weight is 305 g/mol. The number of amides is 3. The van der Waals surface area contributed by atoms with Crippen LogP contribution >= 0.6 is 11.8 Å². The Balaban J connectivity index is 1.60. The van der Waals surface area contributed by atoms with E-state index in [4.69, 9.17) is 0 Å². The van der Waals surface area contributed by atoms with E-state index in [2.05, 4.69) is 34.9 Å². The minimum absolute atomic E-state index is 0.0302. The fourth-order valence-electron chi connectivity index (χ4n) is 2.75. The van der Waals surface area contributed by atoms with Gasteiger partial charge in [0, 0.05) is 30.6 Å². The second kappa shape index (κ2) is 6.39. The number of carbonyl (C=O) groups is 2. The highest BCUT2D eigenvalue weighted by molar-refractivity contribution is 7.99. The van der Waals surface area contributed by atoms with Crippen molar-refractivity contribution < 1.29 is 9.59 Å². The van der Waals surface area contributed by atoms with E-state index in [1.54, 1.807) is 0 Å². The number of nitrogens with one attached hydrogen (secondary N) is 2. The van der Waals surface area contributed by atoms with Crippen LogP contribution in [0.5, 0.6) is 0 Å². The molecule has 21 heavy (non-hydrogen) atoms. The molecule has 2 aliphatic rings. The Labute approximate surface area is 128 Å². The molecule has 5 nitrogen and oxygen atoms in total. The summed E-state index contributed by atoms with van der Waals surface area (Å²) in [7, 11) is 0. The standard InChI is InChI=1S/C15H19N3O2S/c19-14(12-10-16-15(20)17-12)18-7-6-13(21-9-8-18)11-4-2-1-3-5-11/h1-5,12-13H,6-10H2,(H2,16,17,20). The number of nitrogens with zero attached hydrogens (tertiary/aromatic N) is 1. The van der Waals surface area contributed by atoms with Gasteiger partial charge in [-0.3, -0.25) is 4.79 Å². The van der Waals surface area contributed by atoms with Gasteiger partial charge in [-0.25, -0.2) is 4.79 Å². The summed E-state index contributed by atoms with van der Waals surface area (Å²) in [4.78, 5) is 25.4. The number of hydrogen-bond acceptors (Lipinski definition) is 3. The molecule has 112 valence electrons. The molecule has 3 rings (SSSR count). The second-order valence-corrected chi connectivity index (χ2v) is 6.60. The molecule has 0 aliphatic carbocycles. The summed E-state index contributed by atoms with van der Waals surface area (Å²) in [6, 6.07) is 9.78. The molecule has 2 saturated heterocycles.